The van der Waals surface area contributed by atoms with Gasteiger partial charge in [-0.1, -0.05) is 18.2 Å². The molecule has 7 heteroatoms. The zero-order valence-corrected chi connectivity index (χ0v) is 11.7. The number of esters is 1. The molecule has 0 aliphatic heterocycles. The number of aromatic nitrogens is 1. The molecule has 3 rings (SSSR count). The number of rotatable bonds is 4. The van der Waals surface area contributed by atoms with Gasteiger partial charge in [0, 0.05) is 29.2 Å². The molecule has 1 aromatic heterocycles. The van der Waals surface area contributed by atoms with Gasteiger partial charge in [0.15, 0.2) is 0 Å². The Labute approximate surface area is 129 Å². The Hall–Kier alpha value is -3.48. The van der Waals surface area contributed by atoms with Gasteiger partial charge < -0.3 is 9.72 Å². The highest BCUT2D eigenvalue weighted by molar-refractivity contribution is 6.43. The molecule has 0 unspecified atom stereocenters. The van der Waals surface area contributed by atoms with Crippen LogP contribution in [0.5, 0.6) is 5.75 Å². The quantitative estimate of drug-likeness (QED) is 0.199. The van der Waals surface area contributed by atoms with Crippen LogP contribution in [0.1, 0.15) is 10.4 Å². The zero-order valence-electron chi connectivity index (χ0n) is 11.7. The number of non-ortho nitro benzene ring substituents is 1. The summed E-state index contributed by atoms with van der Waals surface area (Å²) in [6.07, 6.45) is 1.34. The van der Waals surface area contributed by atoms with Gasteiger partial charge >= 0.3 is 5.97 Å². The maximum atomic E-state index is 12.2. The summed E-state index contributed by atoms with van der Waals surface area (Å²) < 4.78 is 4.99. The van der Waals surface area contributed by atoms with Gasteiger partial charge in [-0.05, 0) is 18.2 Å². The average molecular weight is 310 g/mol. The van der Waals surface area contributed by atoms with Crippen LogP contribution in [0.15, 0.2) is 54.7 Å². The van der Waals surface area contributed by atoms with Gasteiger partial charge in [-0.3, -0.25) is 14.9 Å². The fourth-order valence-corrected chi connectivity index (χ4v) is 2.16. The van der Waals surface area contributed by atoms with E-state index in [0.29, 0.717) is 10.9 Å². The van der Waals surface area contributed by atoms with E-state index >= 15 is 0 Å². The van der Waals surface area contributed by atoms with Crippen LogP contribution in [-0.4, -0.2) is 21.7 Å². The molecule has 2 aromatic carbocycles. The van der Waals surface area contributed by atoms with Gasteiger partial charge in [0.1, 0.15) is 5.75 Å². The van der Waals surface area contributed by atoms with Gasteiger partial charge in [0.2, 0.25) is 0 Å². The lowest BCUT2D eigenvalue weighted by molar-refractivity contribution is -0.384. The second kappa shape index (κ2) is 5.72. The number of hydrogen-bond acceptors (Lipinski definition) is 5. The van der Waals surface area contributed by atoms with Crippen LogP contribution in [0.3, 0.4) is 0 Å². The summed E-state index contributed by atoms with van der Waals surface area (Å²) >= 11 is 0. The number of Topliss-reactive ketones (excluding diaryl/α,β-unsaturated/α-hetero) is 1. The van der Waals surface area contributed by atoms with Crippen molar-refractivity contribution in [2.45, 2.75) is 0 Å². The number of ketones is 1. The number of fused-ring (bicyclic) bond motifs is 1. The molecule has 1 heterocycles. The predicted octanol–water partition coefficient (Wildman–Crippen LogP) is 2.86. The number of nitro groups is 1. The maximum Gasteiger partial charge on any atom is 0.385 e. The van der Waals surface area contributed by atoms with Crippen molar-refractivity contribution in [3.63, 3.8) is 0 Å². The lowest BCUT2D eigenvalue weighted by Crippen LogP contribution is -2.20. The summed E-state index contributed by atoms with van der Waals surface area (Å²) in [6.45, 7) is 0. The van der Waals surface area contributed by atoms with Crippen molar-refractivity contribution in [1.29, 1.82) is 0 Å². The molecule has 3 aromatic rings. The zero-order chi connectivity index (χ0) is 16.4. The third-order valence-corrected chi connectivity index (χ3v) is 3.26. The molecule has 0 radical (unpaired) electrons. The van der Waals surface area contributed by atoms with E-state index in [-0.39, 0.29) is 17.0 Å². The van der Waals surface area contributed by atoms with Gasteiger partial charge in [0.25, 0.3) is 11.5 Å². The first-order chi connectivity index (χ1) is 11.1. The van der Waals surface area contributed by atoms with E-state index in [1.54, 1.807) is 30.3 Å². The number of benzene rings is 2. The minimum absolute atomic E-state index is 0.0321. The molecular weight excluding hydrogens is 300 g/mol. The molecule has 0 spiro atoms. The number of nitro benzene ring substituents is 1. The SMILES string of the molecule is O=C(Oc1ccccc1)C(=O)c1c[nH]c2ccc([N+](=O)[O-])cc12. The molecule has 0 saturated heterocycles. The molecule has 0 bridgehead atoms. The Kier molecular flexibility index (Phi) is 3.60. The molecule has 7 nitrogen and oxygen atoms in total. The highest BCUT2D eigenvalue weighted by Gasteiger charge is 2.23. The molecule has 0 aliphatic rings. The number of nitrogens with one attached hydrogen (secondary N) is 1. The van der Waals surface area contributed by atoms with Crippen LogP contribution in [-0.2, 0) is 4.79 Å². The molecular formula is C16H10N2O5. The average Bonchev–Trinajstić information content (AvgIpc) is 2.98. The number of nitrogens with zero attached hydrogens (tertiary/aromatic N) is 1. The Bertz CT molecular complexity index is 915. The molecule has 0 saturated carbocycles. The second-order valence-corrected chi connectivity index (χ2v) is 4.72. The van der Waals surface area contributed by atoms with Crippen molar-refractivity contribution < 1.29 is 19.2 Å². The van der Waals surface area contributed by atoms with E-state index in [0.717, 1.165) is 0 Å². The van der Waals surface area contributed by atoms with Crippen molar-refractivity contribution in [1.82, 2.24) is 4.98 Å². The molecule has 0 atom stereocenters. The van der Waals surface area contributed by atoms with E-state index in [4.69, 9.17) is 4.74 Å². The first-order valence-electron chi connectivity index (χ1n) is 6.63. The van der Waals surface area contributed by atoms with Crippen molar-refractivity contribution in [2.75, 3.05) is 0 Å². The molecule has 1 N–H and O–H groups in total. The van der Waals surface area contributed by atoms with Crippen molar-refractivity contribution in [3.05, 3.63) is 70.4 Å². The number of para-hydroxylation sites is 1. The van der Waals surface area contributed by atoms with Gasteiger partial charge in [0.05, 0.1) is 10.5 Å². The van der Waals surface area contributed by atoms with Gasteiger partial charge in [-0.2, -0.15) is 0 Å². The Morgan fingerprint density at radius 1 is 1.09 bits per heavy atom. The standard InChI is InChI=1S/C16H10N2O5/c19-15(16(20)23-11-4-2-1-3-5-11)13-9-17-14-7-6-10(18(21)22)8-12(13)14/h1-9,17H. The summed E-state index contributed by atoms with van der Waals surface area (Å²) in [5, 5.41) is 11.1. The summed E-state index contributed by atoms with van der Waals surface area (Å²) in [4.78, 5) is 37.3. The molecule has 0 amide bonds. The molecule has 114 valence electrons. The van der Waals surface area contributed by atoms with Crippen molar-refractivity contribution in [2.24, 2.45) is 0 Å². The van der Waals surface area contributed by atoms with E-state index in [2.05, 4.69) is 4.98 Å². The third-order valence-electron chi connectivity index (χ3n) is 3.26. The number of ether oxygens (including phenoxy) is 1. The Morgan fingerprint density at radius 3 is 2.52 bits per heavy atom. The predicted molar refractivity (Wildman–Crippen MR) is 81.4 cm³/mol. The van der Waals surface area contributed by atoms with E-state index in [9.17, 15) is 19.7 Å². The van der Waals surface area contributed by atoms with E-state index < -0.39 is 16.7 Å². The second-order valence-electron chi connectivity index (χ2n) is 4.72. The lowest BCUT2D eigenvalue weighted by Gasteiger charge is -2.02. The van der Waals surface area contributed by atoms with E-state index in [1.807, 2.05) is 0 Å². The van der Waals surface area contributed by atoms with Crippen molar-refractivity contribution >= 4 is 28.3 Å². The van der Waals surface area contributed by atoms with Crippen molar-refractivity contribution in [3.8, 4) is 5.75 Å². The molecule has 0 aliphatic carbocycles. The van der Waals surface area contributed by atoms with Gasteiger partial charge in [-0.25, -0.2) is 4.79 Å². The highest BCUT2D eigenvalue weighted by atomic mass is 16.6. The number of carbonyl (C=O) groups excluding carboxylic acids is 2. The summed E-state index contributed by atoms with van der Waals surface area (Å²) in [5.74, 6) is -1.68. The van der Waals surface area contributed by atoms with Crippen LogP contribution < -0.4 is 4.74 Å². The monoisotopic (exact) mass is 310 g/mol. The Balaban J connectivity index is 1.92. The van der Waals surface area contributed by atoms with Crippen LogP contribution in [0.4, 0.5) is 5.69 Å². The van der Waals surface area contributed by atoms with Gasteiger partial charge in [-0.15, -0.1) is 0 Å². The Morgan fingerprint density at radius 2 is 1.83 bits per heavy atom. The lowest BCUT2D eigenvalue weighted by atomic mass is 10.1. The van der Waals surface area contributed by atoms with Crippen LogP contribution >= 0.6 is 0 Å². The number of carbonyl (C=O) groups is 2. The normalized spacial score (nSPS) is 10.4. The van der Waals surface area contributed by atoms with Crippen LogP contribution in [0, 0.1) is 10.1 Å². The highest BCUT2D eigenvalue weighted by Crippen LogP contribution is 2.24. The topological polar surface area (TPSA) is 102 Å². The minimum Gasteiger partial charge on any atom is -0.421 e. The number of aromatic amines is 1. The van der Waals surface area contributed by atoms with Crippen LogP contribution in [0.25, 0.3) is 10.9 Å². The number of H-pyrrole nitrogens is 1. The van der Waals surface area contributed by atoms with Crippen LogP contribution in [0.2, 0.25) is 0 Å². The third kappa shape index (κ3) is 2.80. The fourth-order valence-electron chi connectivity index (χ4n) is 2.16. The number of hydrogen-bond donors (Lipinski definition) is 1. The fraction of sp³-hybridized carbons (Fsp3) is 0. The van der Waals surface area contributed by atoms with E-state index in [1.165, 1.54) is 24.4 Å². The largest absolute Gasteiger partial charge is 0.421 e. The summed E-state index contributed by atoms with van der Waals surface area (Å²) in [6, 6.07) is 12.2. The smallest absolute Gasteiger partial charge is 0.385 e. The summed E-state index contributed by atoms with van der Waals surface area (Å²) in [5.41, 5.74) is 0.388. The maximum absolute atomic E-state index is 12.2. The molecule has 23 heavy (non-hydrogen) atoms. The molecule has 0 fully saturated rings. The first-order valence-corrected chi connectivity index (χ1v) is 6.63. The minimum atomic E-state index is -1.05. The summed E-state index contributed by atoms with van der Waals surface area (Å²) in [7, 11) is 0. The first kappa shape index (κ1) is 14.5.